The summed E-state index contributed by atoms with van der Waals surface area (Å²) in [5, 5.41) is 0. The molecule has 3 nitrogen and oxygen atoms in total. The highest BCUT2D eigenvalue weighted by atomic mass is 16.5. The van der Waals surface area contributed by atoms with Crippen LogP contribution >= 0.6 is 0 Å². The summed E-state index contributed by atoms with van der Waals surface area (Å²) in [5.41, 5.74) is 1.83. The molecule has 98 valence electrons. The van der Waals surface area contributed by atoms with Gasteiger partial charge < -0.3 is 14.2 Å². The predicted octanol–water partition coefficient (Wildman–Crippen LogP) is 3.59. The molecule has 1 unspecified atom stereocenters. The van der Waals surface area contributed by atoms with Crippen molar-refractivity contribution in [3.63, 3.8) is 0 Å². The summed E-state index contributed by atoms with van der Waals surface area (Å²) in [6.07, 6.45) is 4.14. The van der Waals surface area contributed by atoms with Crippen molar-refractivity contribution in [3.05, 3.63) is 29.3 Å². The lowest BCUT2D eigenvalue weighted by molar-refractivity contribution is 0.116. The molecule has 0 N–H and O–H groups in total. The SMILES string of the molecule is COc1cc2c(cc1C(C)OC)C=CC(C)(C)O2. The second-order valence-electron chi connectivity index (χ2n) is 5.05. The first-order chi connectivity index (χ1) is 8.46. The molecule has 0 fully saturated rings. The fourth-order valence-electron chi connectivity index (χ4n) is 2.04. The molecule has 18 heavy (non-hydrogen) atoms. The third-order valence-corrected chi connectivity index (χ3v) is 3.19. The van der Waals surface area contributed by atoms with Gasteiger partial charge in [-0.05, 0) is 32.9 Å². The van der Waals surface area contributed by atoms with Gasteiger partial charge in [0.15, 0.2) is 0 Å². The van der Waals surface area contributed by atoms with E-state index in [4.69, 9.17) is 14.2 Å². The molecule has 0 saturated heterocycles. The van der Waals surface area contributed by atoms with E-state index in [1.165, 1.54) is 0 Å². The van der Waals surface area contributed by atoms with Gasteiger partial charge in [-0.1, -0.05) is 6.08 Å². The van der Waals surface area contributed by atoms with Crippen LogP contribution in [-0.2, 0) is 4.74 Å². The van der Waals surface area contributed by atoms with Gasteiger partial charge in [-0.2, -0.15) is 0 Å². The van der Waals surface area contributed by atoms with Gasteiger partial charge in [0.25, 0.3) is 0 Å². The lowest BCUT2D eigenvalue weighted by Crippen LogP contribution is -2.27. The van der Waals surface area contributed by atoms with Crippen molar-refractivity contribution in [2.24, 2.45) is 0 Å². The van der Waals surface area contributed by atoms with E-state index in [0.29, 0.717) is 0 Å². The van der Waals surface area contributed by atoms with Gasteiger partial charge in [-0.3, -0.25) is 0 Å². The molecule has 1 aliphatic rings. The van der Waals surface area contributed by atoms with Crippen molar-refractivity contribution in [3.8, 4) is 11.5 Å². The quantitative estimate of drug-likeness (QED) is 0.818. The third-order valence-electron chi connectivity index (χ3n) is 3.19. The molecule has 1 atom stereocenters. The zero-order chi connectivity index (χ0) is 13.3. The number of rotatable bonds is 3. The van der Waals surface area contributed by atoms with E-state index in [-0.39, 0.29) is 11.7 Å². The molecule has 0 aromatic heterocycles. The topological polar surface area (TPSA) is 27.7 Å². The highest BCUT2D eigenvalue weighted by Gasteiger charge is 2.24. The number of benzene rings is 1. The molecule has 1 heterocycles. The minimum absolute atomic E-state index is 0.00594. The van der Waals surface area contributed by atoms with E-state index in [1.807, 2.05) is 26.8 Å². The highest BCUT2D eigenvalue weighted by molar-refractivity contribution is 5.64. The summed E-state index contributed by atoms with van der Waals surface area (Å²) >= 11 is 0. The summed E-state index contributed by atoms with van der Waals surface area (Å²) in [7, 11) is 3.36. The standard InChI is InChI=1S/C15H20O3/c1-10(16-4)12-8-11-6-7-15(2,3)18-13(11)9-14(12)17-5/h6-10H,1-5H3. The zero-order valence-corrected chi connectivity index (χ0v) is 11.6. The Hall–Kier alpha value is -1.48. The Labute approximate surface area is 108 Å². The highest BCUT2D eigenvalue weighted by Crippen LogP contribution is 2.38. The van der Waals surface area contributed by atoms with Crippen molar-refractivity contribution in [2.45, 2.75) is 32.5 Å². The average Bonchev–Trinajstić information content (AvgIpc) is 2.35. The van der Waals surface area contributed by atoms with Crippen LogP contribution in [0.3, 0.4) is 0 Å². The van der Waals surface area contributed by atoms with Crippen molar-refractivity contribution in [1.29, 1.82) is 0 Å². The Morgan fingerprint density at radius 1 is 1.22 bits per heavy atom. The maximum absolute atomic E-state index is 5.92. The van der Waals surface area contributed by atoms with E-state index in [9.17, 15) is 0 Å². The molecule has 0 radical (unpaired) electrons. The van der Waals surface area contributed by atoms with Crippen LogP contribution in [0.15, 0.2) is 18.2 Å². The molecule has 1 aromatic rings. The van der Waals surface area contributed by atoms with Gasteiger partial charge in [-0.15, -0.1) is 0 Å². The molecule has 0 saturated carbocycles. The second-order valence-corrected chi connectivity index (χ2v) is 5.05. The Kier molecular flexibility index (Phi) is 3.35. The Balaban J connectivity index is 2.49. The summed E-state index contributed by atoms with van der Waals surface area (Å²) in [6, 6.07) is 4.00. The number of methoxy groups -OCH3 is 2. The molecule has 0 spiro atoms. The van der Waals surface area contributed by atoms with Crippen LogP contribution in [0.2, 0.25) is 0 Å². The number of hydrogen-bond donors (Lipinski definition) is 0. The van der Waals surface area contributed by atoms with Crippen molar-refractivity contribution < 1.29 is 14.2 Å². The van der Waals surface area contributed by atoms with Crippen LogP contribution in [0, 0.1) is 0 Å². The monoisotopic (exact) mass is 248 g/mol. The number of ether oxygens (including phenoxy) is 3. The molecule has 0 amide bonds. The normalized spacial score (nSPS) is 17.8. The van der Waals surface area contributed by atoms with E-state index >= 15 is 0 Å². The van der Waals surface area contributed by atoms with Crippen molar-refractivity contribution in [1.82, 2.24) is 0 Å². The molecule has 1 aromatic carbocycles. The number of hydrogen-bond acceptors (Lipinski definition) is 3. The molecule has 0 aliphatic carbocycles. The Morgan fingerprint density at radius 2 is 1.94 bits per heavy atom. The molecule has 0 bridgehead atoms. The van der Waals surface area contributed by atoms with Gasteiger partial charge in [0.2, 0.25) is 0 Å². The largest absolute Gasteiger partial charge is 0.496 e. The van der Waals surface area contributed by atoms with E-state index < -0.39 is 0 Å². The van der Waals surface area contributed by atoms with Crippen LogP contribution < -0.4 is 9.47 Å². The summed E-state index contributed by atoms with van der Waals surface area (Å²) in [4.78, 5) is 0. The predicted molar refractivity (Wildman–Crippen MR) is 72.2 cm³/mol. The Morgan fingerprint density at radius 3 is 2.56 bits per heavy atom. The zero-order valence-electron chi connectivity index (χ0n) is 11.6. The van der Waals surface area contributed by atoms with Crippen LogP contribution in [0.4, 0.5) is 0 Å². The molecular weight excluding hydrogens is 228 g/mol. The summed E-state index contributed by atoms with van der Waals surface area (Å²) in [5.74, 6) is 1.65. The van der Waals surface area contributed by atoms with Crippen molar-refractivity contribution >= 4 is 6.08 Å². The first-order valence-electron chi connectivity index (χ1n) is 6.10. The first-order valence-corrected chi connectivity index (χ1v) is 6.10. The minimum Gasteiger partial charge on any atom is -0.496 e. The van der Waals surface area contributed by atoms with Crippen LogP contribution in [0.25, 0.3) is 6.08 Å². The lowest BCUT2D eigenvalue weighted by Gasteiger charge is -2.29. The van der Waals surface area contributed by atoms with Gasteiger partial charge in [0, 0.05) is 24.3 Å². The summed E-state index contributed by atoms with van der Waals surface area (Å²) in [6.45, 7) is 6.07. The lowest BCUT2D eigenvalue weighted by atomic mass is 9.98. The van der Waals surface area contributed by atoms with Crippen LogP contribution in [-0.4, -0.2) is 19.8 Å². The smallest absolute Gasteiger partial charge is 0.131 e. The first kappa shape index (κ1) is 13.0. The third kappa shape index (κ3) is 2.36. The Bertz CT molecular complexity index is 475. The van der Waals surface area contributed by atoms with E-state index in [1.54, 1.807) is 14.2 Å². The molecular formula is C15H20O3. The van der Waals surface area contributed by atoms with Crippen LogP contribution in [0.1, 0.15) is 38.0 Å². The molecule has 2 rings (SSSR count). The molecule has 3 heteroatoms. The van der Waals surface area contributed by atoms with Gasteiger partial charge >= 0.3 is 0 Å². The fraction of sp³-hybridized carbons (Fsp3) is 0.467. The van der Waals surface area contributed by atoms with Crippen LogP contribution in [0.5, 0.6) is 11.5 Å². The minimum atomic E-state index is -0.271. The number of fused-ring (bicyclic) bond motifs is 1. The maximum atomic E-state index is 5.92. The van der Waals surface area contributed by atoms with Gasteiger partial charge in [0.05, 0.1) is 13.2 Å². The van der Waals surface area contributed by atoms with E-state index in [0.717, 1.165) is 22.6 Å². The molecule has 1 aliphatic heterocycles. The van der Waals surface area contributed by atoms with Crippen molar-refractivity contribution in [2.75, 3.05) is 14.2 Å². The second kappa shape index (κ2) is 4.65. The summed E-state index contributed by atoms with van der Waals surface area (Å²) < 4.78 is 16.7. The fourth-order valence-corrected chi connectivity index (χ4v) is 2.04. The average molecular weight is 248 g/mol. The maximum Gasteiger partial charge on any atom is 0.131 e. The van der Waals surface area contributed by atoms with E-state index in [2.05, 4.69) is 18.2 Å². The van der Waals surface area contributed by atoms with Gasteiger partial charge in [0.1, 0.15) is 17.1 Å². The van der Waals surface area contributed by atoms with Gasteiger partial charge in [-0.25, -0.2) is 0 Å².